The van der Waals surface area contributed by atoms with Gasteiger partial charge in [0.1, 0.15) is 12.1 Å². The summed E-state index contributed by atoms with van der Waals surface area (Å²) in [5, 5.41) is 32.2. The minimum absolute atomic E-state index is 0.00448. The average molecular weight is 610 g/mol. The van der Waals surface area contributed by atoms with Crippen molar-refractivity contribution >= 4 is 58.3 Å². The molecule has 2 amide bonds. The van der Waals surface area contributed by atoms with Crippen LogP contribution in [0.25, 0.3) is 11.2 Å². The number of carboxylic acid groups (broad SMARTS) is 3. The van der Waals surface area contributed by atoms with E-state index in [9.17, 15) is 29.1 Å². The number of aliphatic carboxylic acids is 3. The number of amides is 2. The Kier molecular flexibility index (Phi) is 9.67. The van der Waals surface area contributed by atoms with Gasteiger partial charge in [-0.1, -0.05) is 0 Å². The average Bonchev–Trinajstić information content (AvgIpc) is 3.36. The standard InChI is InChI=1S/C27H31N9O8/c28-22-21-23(35-27(29)34-22)30-11-15(31-21)12-36-9-8-13-10-14(4-6-18(13)36)24(40)33-16(25(41)42)2-1-3-19(37)32-17(26(43)44)5-7-20(38)39/h4,6,10-11,16-17H,1-3,5,7-9,12H2,(H,32,37)(H,33,40)(H,38,39)(H,41,42)(H,43,44)(H4,28,29,30,34,35). The van der Waals surface area contributed by atoms with Crippen molar-refractivity contribution in [3.05, 3.63) is 41.2 Å². The zero-order valence-electron chi connectivity index (χ0n) is 23.4. The molecule has 0 radical (unpaired) electrons. The number of carboxylic acids is 3. The molecule has 4 rings (SSSR count). The Balaban J connectivity index is 1.33. The molecule has 3 aromatic rings. The van der Waals surface area contributed by atoms with Crippen molar-refractivity contribution in [3.63, 3.8) is 0 Å². The van der Waals surface area contributed by atoms with Gasteiger partial charge in [-0.3, -0.25) is 14.4 Å². The van der Waals surface area contributed by atoms with Crippen molar-refractivity contribution in [2.45, 2.75) is 57.2 Å². The fourth-order valence-electron chi connectivity index (χ4n) is 4.79. The van der Waals surface area contributed by atoms with Crippen LogP contribution in [0.15, 0.2) is 24.4 Å². The second-order valence-electron chi connectivity index (χ2n) is 10.2. The van der Waals surface area contributed by atoms with Crippen molar-refractivity contribution < 1.29 is 39.3 Å². The molecule has 17 heteroatoms. The van der Waals surface area contributed by atoms with Crippen LogP contribution in [-0.4, -0.2) is 83.6 Å². The monoisotopic (exact) mass is 609 g/mol. The molecule has 0 saturated heterocycles. The van der Waals surface area contributed by atoms with Gasteiger partial charge >= 0.3 is 17.9 Å². The molecule has 0 fully saturated rings. The van der Waals surface area contributed by atoms with Gasteiger partial charge in [-0.25, -0.2) is 19.6 Å². The number of carbonyl (C=O) groups excluding carboxylic acids is 2. The van der Waals surface area contributed by atoms with E-state index in [1.807, 2.05) is 0 Å². The molecule has 3 heterocycles. The molecular formula is C27H31N9O8. The number of benzene rings is 1. The lowest BCUT2D eigenvalue weighted by molar-refractivity contribution is -0.143. The van der Waals surface area contributed by atoms with Gasteiger partial charge in [0.2, 0.25) is 11.9 Å². The highest BCUT2D eigenvalue weighted by Gasteiger charge is 2.25. The van der Waals surface area contributed by atoms with Crippen LogP contribution in [0.2, 0.25) is 0 Å². The van der Waals surface area contributed by atoms with E-state index in [1.54, 1.807) is 24.4 Å². The lowest BCUT2D eigenvalue weighted by atomic mass is 10.1. The van der Waals surface area contributed by atoms with Crippen molar-refractivity contribution in [2.24, 2.45) is 0 Å². The Morgan fingerprint density at radius 1 is 0.932 bits per heavy atom. The Bertz CT molecular complexity index is 1620. The van der Waals surface area contributed by atoms with E-state index in [-0.39, 0.29) is 43.0 Å². The third-order valence-electron chi connectivity index (χ3n) is 6.97. The van der Waals surface area contributed by atoms with Gasteiger partial charge < -0.3 is 42.3 Å². The smallest absolute Gasteiger partial charge is 0.326 e. The molecule has 0 aliphatic carbocycles. The predicted molar refractivity (Wildman–Crippen MR) is 154 cm³/mol. The van der Waals surface area contributed by atoms with Gasteiger partial charge in [0, 0.05) is 30.6 Å². The molecule has 2 atom stereocenters. The first-order valence-electron chi connectivity index (χ1n) is 13.6. The Hall–Kier alpha value is -5.61. The van der Waals surface area contributed by atoms with E-state index >= 15 is 0 Å². The summed E-state index contributed by atoms with van der Waals surface area (Å²) in [5.41, 5.74) is 14.8. The number of carbonyl (C=O) groups is 5. The SMILES string of the molecule is Nc1nc(N)c2nc(CN3CCc4cc(C(=O)NC(CCCC(=O)NC(CCC(=O)O)C(=O)O)C(=O)O)ccc43)cnc2n1. The molecule has 44 heavy (non-hydrogen) atoms. The first kappa shape index (κ1) is 31.3. The minimum Gasteiger partial charge on any atom is -0.481 e. The summed E-state index contributed by atoms with van der Waals surface area (Å²) in [5.74, 6) is -5.00. The molecule has 2 unspecified atom stereocenters. The first-order chi connectivity index (χ1) is 20.9. The van der Waals surface area contributed by atoms with Crippen LogP contribution < -0.4 is 27.0 Å². The molecule has 1 aliphatic rings. The number of fused-ring (bicyclic) bond motifs is 2. The summed E-state index contributed by atoms with van der Waals surface area (Å²) in [6.07, 6.45) is 1.23. The molecular weight excluding hydrogens is 578 g/mol. The first-order valence-corrected chi connectivity index (χ1v) is 13.6. The minimum atomic E-state index is -1.38. The second-order valence-corrected chi connectivity index (χ2v) is 10.2. The normalized spacial score (nSPS) is 13.6. The molecule has 1 aliphatic heterocycles. The van der Waals surface area contributed by atoms with Crippen molar-refractivity contribution in [2.75, 3.05) is 22.9 Å². The summed E-state index contributed by atoms with van der Waals surface area (Å²) in [4.78, 5) is 77.6. The number of hydrogen-bond donors (Lipinski definition) is 7. The fourth-order valence-corrected chi connectivity index (χ4v) is 4.79. The van der Waals surface area contributed by atoms with Crippen LogP contribution in [-0.2, 0) is 32.1 Å². The maximum atomic E-state index is 12.9. The van der Waals surface area contributed by atoms with Gasteiger partial charge in [-0.05, 0) is 49.4 Å². The highest BCUT2D eigenvalue weighted by Crippen LogP contribution is 2.30. The number of nitrogens with one attached hydrogen (secondary N) is 2. The molecule has 232 valence electrons. The number of nitrogens with two attached hydrogens (primary N) is 2. The van der Waals surface area contributed by atoms with Crippen LogP contribution in [0.4, 0.5) is 17.5 Å². The Morgan fingerprint density at radius 2 is 1.66 bits per heavy atom. The predicted octanol–water partition coefficient (Wildman–Crippen LogP) is -0.0656. The maximum Gasteiger partial charge on any atom is 0.326 e. The van der Waals surface area contributed by atoms with Crippen molar-refractivity contribution in [3.8, 4) is 0 Å². The lowest BCUT2D eigenvalue weighted by Gasteiger charge is -2.19. The molecule has 0 spiro atoms. The molecule has 17 nitrogen and oxygen atoms in total. The third-order valence-corrected chi connectivity index (χ3v) is 6.97. The number of aromatic nitrogens is 4. The fraction of sp³-hybridized carbons (Fsp3) is 0.370. The number of nitrogen functional groups attached to an aromatic ring is 2. The van der Waals surface area contributed by atoms with Gasteiger partial charge in [0.25, 0.3) is 5.91 Å². The second kappa shape index (κ2) is 13.6. The highest BCUT2D eigenvalue weighted by molar-refractivity contribution is 5.97. The third kappa shape index (κ3) is 7.81. The van der Waals surface area contributed by atoms with E-state index in [1.165, 1.54) is 0 Å². The molecule has 0 bridgehead atoms. The van der Waals surface area contributed by atoms with Crippen LogP contribution in [0.3, 0.4) is 0 Å². The lowest BCUT2D eigenvalue weighted by Crippen LogP contribution is -2.42. The quantitative estimate of drug-likeness (QED) is 0.126. The van der Waals surface area contributed by atoms with Gasteiger partial charge in [-0.15, -0.1) is 0 Å². The van der Waals surface area contributed by atoms with Gasteiger partial charge in [0.15, 0.2) is 17.0 Å². The number of anilines is 3. The van der Waals surface area contributed by atoms with E-state index in [4.69, 9.17) is 21.7 Å². The topological polar surface area (TPSA) is 277 Å². The van der Waals surface area contributed by atoms with Gasteiger partial charge in [0.05, 0.1) is 18.4 Å². The molecule has 2 aromatic heterocycles. The number of rotatable bonds is 14. The van der Waals surface area contributed by atoms with E-state index in [0.29, 0.717) is 36.4 Å². The van der Waals surface area contributed by atoms with Crippen molar-refractivity contribution in [1.82, 2.24) is 30.6 Å². The highest BCUT2D eigenvalue weighted by atomic mass is 16.4. The van der Waals surface area contributed by atoms with Gasteiger partial charge in [-0.2, -0.15) is 9.97 Å². The summed E-state index contributed by atoms with van der Waals surface area (Å²) in [6, 6.07) is 2.38. The Labute approximate surface area is 249 Å². The number of hydrogen-bond acceptors (Lipinski definition) is 12. The molecule has 1 aromatic carbocycles. The molecule has 0 saturated carbocycles. The summed E-state index contributed by atoms with van der Waals surface area (Å²) in [6.45, 7) is 1.05. The summed E-state index contributed by atoms with van der Waals surface area (Å²) in [7, 11) is 0. The van der Waals surface area contributed by atoms with Crippen molar-refractivity contribution in [1.29, 1.82) is 0 Å². The van der Waals surface area contributed by atoms with Crippen LogP contribution in [0.5, 0.6) is 0 Å². The largest absolute Gasteiger partial charge is 0.481 e. The molecule has 9 N–H and O–H groups in total. The maximum absolute atomic E-state index is 12.9. The Morgan fingerprint density at radius 3 is 2.36 bits per heavy atom. The van der Waals surface area contributed by atoms with E-state index < -0.39 is 48.2 Å². The van der Waals surface area contributed by atoms with Crippen LogP contribution in [0, 0.1) is 0 Å². The van der Waals surface area contributed by atoms with Crippen LogP contribution >= 0.6 is 0 Å². The van der Waals surface area contributed by atoms with E-state index in [0.717, 1.165) is 11.3 Å². The number of nitrogens with zero attached hydrogens (tertiary/aromatic N) is 5. The summed E-state index contributed by atoms with van der Waals surface area (Å²) < 4.78 is 0. The summed E-state index contributed by atoms with van der Waals surface area (Å²) >= 11 is 0. The zero-order chi connectivity index (χ0) is 32.0. The van der Waals surface area contributed by atoms with Crippen LogP contribution in [0.1, 0.15) is 53.7 Å². The zero-order valence-corrected chi connectivity index (χ0v) is 23.4. The van der Waals surface area contributed by atoms with E-state index in [2.05, 4.69) is 35.5 Å².